The summed E-state index contributed by atoms with van der Waals surface area (Å²) in [5.74, 6) is 0.685. The van der Waals surface area contributed by atoms with Gasteiger partial charge < -0.3 is 9.47 Å². The van der Waals surface area contributed by atoms with E-state index in [2.05, 4.69) is 165 Å². The summed E-state index contributed by atoms with van der Waals surface area (Å²) in [7, 11) is 0. The van der Waals surface area contributed by atoms with Gasteiger partial charge in [0.1, 0.15) is 0 Å². The molecule has 0 unspecified atom stereocenters. The van der Waals surface area contributed by atoms with Gasteiger partial charge in [-0.05, 0) is 65.7 Å². The maximum absolute atomic E-state index is 5.20. The zero-order valence-corrected chi connectivity index (χ0v) is 29.2. The van der Waals surface area contributed by atoms with Gasteiger partial charge in [-0.2, -0.15) is 0 Å². The first-order chi connectivity index (χ1) is 25.2. The van der Waals surface area contributed by atoms with Crippen LogP contribution in [0.25, 0.3) is 61.3 Å². The van der Waals surface area contributed by atoms with Gasteiger partial charge in [-0.15, -0.1) is 0 Å². The summed E-state index contributed by atoms with van der Waals surface area (Å²) >= 11 is 3.87. The van der Waals surface area contributed by atoms with Crippen molar-refractivity contribution in [2.45, 2.75) is 0 Å². The molecule has 0 aliphatic carbocycles. The Hall–Kier alpha value is -6.30. The van der Waals surface area contributed by atoms with Gasteiger partial charge in [0, 0.05) is 43.4 Å². The lowest BCUT2D eigenvalue weighted by atomic mass is 10.0. The lowest BCUT2D eigenvalue weighted by Crippen LogP contribution is -2.13. The van der Waals surface area contributed by atoms with Gasteiger partial charge in [-0.25, -0.2) is 9.97 Å². The number of fused-ring (bicyclic) bond motifs is 3. The summed E-state index contributed by atoms with van der Waals surface area (Å²) in [6.07, 6.45) is 1.95. The summed E-state index contributed by atoms with van der Waals surface area (Å²) in [5.41, 5.74) is 11.5. The number of hydrogen-bond acceptors (Lipinski definition) is 3. The van der Waals surface area contributed by atoms with Gasteiger partial charge in [0.15, 0.2) is 5.82 Å². The van der Waals surface area contributed by atoms with Gasteiger partial charge in [0.2, 0.25) is 0 Å². The molecule has 0 aliphatic rings. The first kappa shape index (κ1) is 30.7. The number of benzene rings is 7. The summed E-state index contributed by atoms with van der Waals surface area (Å²) in [6, 6.07) is 63.6. The minimum atomic E-state index is 0.685. The van der Waals surface area contributed by atoms with Crippen LogP contribution in [-0.4, -0.2) is 14.5 Å². The minimum Gasteiger partial charge on any atom is -0.309 e. The molecule has 0 aliphatic heterocycles. The molecule has 0 radical (unpaired) electrons. The van der Waals surface area contributed by atoms with Crippen LogP contribution in [0.15, 0.2) is 193 Å². The fourth-order valence-corrected chi connectivity index (χ4v) is 7.43. The number of nitrogens with zero attached hydrogens (tertiary/aromatic N) is 4. The Bertz CT molecular complexity index is 2580. The van der Waals surface area contributed by atoms with Crippen LogP contribution >= 0.6 is 15.9 Å². The highest BCUT2D eigenvalue weighted by molar-refractivity contribution is 9.10. The van der Waals surface area contributed by atoms with Gasteiger partial charge in [0.05, 0.1) is 28.6 Å². The van der Waals surface area contributed by atoms with E-state index in [-0.39, 0.29) is 0 Å². The topological polar surface area (TPSA) is 34.0 Å². The molecule has 0 spiro atoms. The van der Waals surface area contributed by atoms with Crippen LogP contribution in [0.3, 0.4) is 0 Å². The van der Waals surface area contributed by atoms with E-state index in [1.54, 1.807) is 0 Å². The number of rotatable bonds is 7. The van der Waals surface area contributed by atoms with Crippen molar-refractivity contribution < 1.29 is 0 Å². The van der Waals surface area contributed by atoms with Gasteiger partial charge in [-0.3, -0.25) is 0 Å². The lowest BCUT2D eigenvalue weighted by Gasteiger charge is -2.28. The average Bonchev–Trinajstić information content (AvgIpc) is 3.53. The standard InChI is InChI=1S/C46H31BrN4/c47-36-28-35(32-24-26-38(27-25-32)51-42-22-12-10-20-40(42)41-21-11-13-23-43(41)51)29-39(30-36)50(37-18-8-3-9-19-37)44-31-48-46(34-16-6-2-7-17-34)49-45(44)33-14-4-1-5-15-33/h1-31H. The highest BCUT2D eigenvalue weighted by Crippen LogP contribution is 2.42. The largest absolute Gasteiger partial charge is 0.309 e. The minimum absolute atomic E-state index is 0.685. The summed E-state index contributed by atoms with van der Waals surface area (Å²) < 4.78 is 3.33. The Labute approximate surface area is 305 Å². The lowest BCUT2D eigenvalue weighted by molar-refractivity contribution is 1.14. The van der Waals surface area contributed by atoms with E-state index in [1.165, 1.54) is 21.8 Å². The van der Waals surface area contributed by atoms with Crippen molar-refractivity contribution in [3.05, 3.63) is 193 Å². The van der Waals surface area contributed by atoms with Crippen molar-refractivity contribution in [2.75, 3.05) is 4.90 Å². The number of halogens is 1. The Kier molecular flexibility index (Phi) is 7.95. The van der Waals surface area contributed by atoms with Crippen LogP contribution in [0, 0.1) is 0 Å². The van der Waals surface area contributed by atoms with Crippen LogP contribution in [-0.2, 0) is 0 Å². The van der Waals surface area contributed by atoms with E-state index >= 15 is 0 Å². The summed E-state index contributed by atoms with van der Waals surface area (Å²) in [5, 5.41) is 2.51. The smallest absolute Gasteiger partial charge is 0.159 e. The maximum atomic E-state index is 5.20. The fraction of sp³-hybridized carbons (Fsp3) is 0. The molecule has 0 saturated carbocycles. The number of hydrogen-bond donors (Lipinski definition) is 0. The molecule has 4 nitrogen and oxygen atoms in total. The van der Waals surface area contributed by atoms with E-state index in [1.807, 2.05) is 48.7 Å². The van der Waals surface area contributed by atoms with Gasteiger partial charge in [-0.1, -0.05) is 143 Å². The van der Waals surface area contributed by atoms with Gasteiger partial charge >= 0.3 is 0 Å². The molecule has 2 heterocycles. The molecule has 2 aromatic heterocycles. The van der Waals surface area contributed by atoms with E-state index in [4.69, 9.17) is 9.97 Å². The van der Waals surface area contributed by atoms with E-state index in [9.17, 15) is 0 Å². The molecule has 7 aromatic carbocycles. The molecule has 9 aromatic rings. The fourth-order valence-electron chi connectivity index (χ4n) is 6.95. The van der Waals surface area contributed by atoms with E-state index < -0.39 is 0 Å². The molecule has 0 N–H and O–H groups in total. The Balaban J connectivity index is 1.17. The molecule has 0 atom stereocenters. The third-order valence-electron chi connectivity index (χ3n) is 9.28. The van der Waals surface area contributed by atoms with Crippen LogP contribution in [0.5, 0.6) is 0 Å². The molecule has 242 valence electrons. The first-order valence-corrected chi connectivity index (χ1v) is 17.7. The Morgan fingerprint density at radius 2 is 1.04 bits per heavy atom. The highest BCUT2D eigenvalue weighted by atomic mass is 79.9. The van der Waals surface area contributed by atoms with Crippen molar-refractivity contribution in [2.24, 2.45) is 0 Å². The monoisotopic (exact) mass is 718 g/mol. The van der Waals surface area contributed by atoms with Gasteiger partial charge in [0.25, 0.3) is 0 Å². The SMILES string of the molecule is Brc1cc(-c2ccc(-n3c4ccccc4c4ccccc43)cc2)cc(N(c2ccccc2)c2cnc(-c3ccccc3)nc2-c2ccccc2)c1. The zero-order valence-electron chi connectivity index (χ0n) is 27.6. The summed E-state index contributed by atoms with van der Waals surface area (Å²) in [6.45, 7) is 0. The van der Waals surface area contributed by atoms with Crippen molar-refractivity contribution >= 4 is 54.8 Å². The van der Waals surface area contributed by atoms with Crippen molar-refractivity contribution in [3.8, 4) is 39.5 Å². The average molecular weight is 720 g/mol. The molecule has 0 bridgehead atoms. The number of anilines is 3. The quantitative estimate of drug-likeness (QED) is 0.164. The molecule has 0 amide bonds. The number of aromatic nitrogens is 3. The predicted molar refractivity (Wildman–Crippen MR) is 215 cm³/mol. The van der Waals surface area contributed by atoms with Crippen molar-refractivity contribution in [1.82, 2.24) is 14.5 Å². The highest BCUT2D eigenvalue weighted by Gasteiger charge is 2.21. The van der Waals surface area contributed by atoms with Crippen LogP contribution < -0.4 is 4.90 Å². The molecule has 51 heavy (non-hydrogen) atoms. The second-order valence-electron chi connectivity index (χ2n) is 12.4. The molecule has 0 fully saturated rings. The van der Waals surface area contributed by atoms with Crippen LogP contribution in [0.4, 0.5) is 17.1 Å². The molecule has 0 saturated heterocycles. The van der Waals surface area contributed by atoms with Crippen molar-refractivity contribution in [1.29, 1.82) is 0 Å². The number of para-hydroxylation sites is 3. The molecular weight excluding hydrogens is 688 g/mol. The van der Waals surface area contributed by atoms with E-state index in [0.717, 1.165) is 55.2 Å². The molecule has 9 rings (SSSR count). The third kappa shape index (κ3) is 5.78. The third-order valence-corrected chi connectivity index (χ3v) is 9.74. The van der Waals surface area contributed by atoms with Crippen LogP contribution in [0.1, 0.15) is 0 Å². The van der Waals surface area contributed by atoms with E-state index in [0.29, 0.717) is 5.82 Å². The predicted octanol–water partition coefficient (Wildman–Crippen LogP) is 12.8. The second-order valence-corrected chi connectivity index (χ2v) is 13.4. The second kappa shape index (κ2) is 13.2. The Morgan fingerprint density at radius 1 is 0.471 bits per heavy atom. The maximum Gasteiger partial charge on any atom is 0.159 e. The Morgan fingerprint density at radius 3 is 1.69 bits per heavy atom. The van der Waals surface area contributed by atoms with Crippen LogP contribution in [0.2, 0.25) is 0 Å². The van der Waals surface area contributed by atoms with Crippen molar-refractivity contribution in [3.63, 3.8) is 0 Å². The zero-order chi connectivity index (χ0) is 34.1. The molecule has 5 heteroatoms. The summed E-state index contributed by atoms with van der Waals surface area (Å²) in [4.78, 5) is 12.4. The normalized spacial score (nSPS) is 11.2. The first-order valence-electron chi connectivity index (χ1n) is 16.9. The molecular formula is C46H31BrN4.